The summed E-state index contributed by atoms with van der Waals surface area (Å²) in [5, 5.41) is 3.60. The van der Waals surface area contributed by atoms with Crippen molar-refractivity contribution in [3.8, 4) is 0 Å². The first-order valence-electron chi connectivity index (χ1n) is 6.63. The van der Waals surface area contributed by atoms with Crippen molar-refractivity contribution in [2.75, 3.05) is 0 Å². The molecule has 1 nitrogen and oxygen atoms in total. The SMILES string of the molecule is CCc1ccc(CNC(C)Cc2ccccc2)s1. The predicted molar refractivity (Wildman–Crippen MR) is 80.1 cm³/mol. The minimum atomic E-state index is 0.513. The Morgan fingerprint density at radius 1 is 1.06 bits per heavy atom. The normalized spacial score (nSPS) is 12.6. The summed E-state index contributed by atoms with van der Waals surface area (Å²) in [7, 11) is 0. The van der Waals surface area contributed by atoms with E-state index in [0.29, 0.717) is 6.04 Å². The molecule has 0 saturated heterocycles. The van der Waals surface area contributed by atoms with Gasteiger partial charge in [0, 0.05) is 22.3 Å². The van der Waals surface area contributed by atoms with Crippen molar-refractivity contribution in [3.05, 3.63) is 57.8 Å². The van der Waals surface area contributed by atoms with Gasteiger partial charge >= 0.3 is 0 Å². The van der Waals surface area contributed by atoms with Gasteiger partial charge in [0.15, 0.2) is 0 Å². The van der Waals surface area contributed by atoms with Crippen LogP contribution >= 0.6 is 11.3 Å². The van der Waals surface area contributed by atoms with Crippen LogP contribution in [0.4, 0.5) is 0 Å². The number of hydrogen-bond acceptors (Lipinski definition) is 2. The second-order valence-electron chi connectivity index (χ2n) is 4.69. The van der Waals surface area contributed by atoms with E-state index in [9.17, 15) is 0 Å². The maximum Gasteiger partial charge on any atom is 0.0302 e. The van der Waals surface area contributed by atoms with Crippen molar-refractivity contribution >= 4 is 11.3 Å². The highest BCUT2D eigenvalue weighted by molar-refractivity contribution is 7.11. The molecule has 96 valence electrons. The van der Waals surface area contributed by atoms with Gasteiger partial charge in [0.1, 0.15) is 0 Å². The Bertz CT molecular complexity index is 461. The van der Waals surface area contributed by atoms with Crippen molar-refractivity contribution in [2.24, 2.45) is 0 Å². The standard InChI is InChI=1S/C16H21NS/c1-3-15-9-10-16(18-15)12-17-13(2)11-14-7-5-4-6-8-14/h4-10,13,17H,3,11-12H2,1-2H3. The summed E-state index contributed by atoms with van der Waals surface area (Å²) >= 11 is 1.92. The molecule has 0 aliphatic heterocycles. The van der Waals surface area contributed by atoms with Crippen LogP contribution in [0.3, 0.4) is 0 Å². The van der Waals surface area contributed by atoms with Crippen LogP contribution in [0.25, 0.3) is 0 Å². The van der Waals surface area contributed by atoms with Crippen molar-refractivity contribution in [1.82, 2.24) is 5.32 Å². The van der Waals surface area contributed by atoms with Gasteiger partial charge in [-0.15, -0.1) is 11.3 Å². The number of nitrogens with one attached hydrogen (secondary N) is 1. The molecule has 0 fully saturated rings. The van der Waals surface area contributed by atoms with Gasteiger partial charge in [-0.2, -0.15) is 0 Å². The van der Waals surface area contributed by atoms with Crippen LogP contribution in [-0.2, 0) is 19.4 Å². The van der Waals surface area contributed by atoms with Crippen molar-refractivity contribution in [1.29, 1.82) is 0 Å². The zero-order chi connectivity index (χ0) is 12.8. The molecule has 1 heterocycles. The molecular weight excluding hydrogens is 238 g/mol. The fraction of sp³-hybridized carbons (Fsp3) is 0.375. The molecule has 0 saturated carbocycles. The van der Waals surface area contributed by atoms with E-state index in [1.165, 1.54) is 15.3 Å². The van der Waals surface area contributed by atoms with E-state index in [1.54, 1.807) is 0 Å². The highest BCUT2D eigenvalue weighted by atomic mass is 32.1. The molecule has 2 rings (SSSR count). The summed E-state index contributed by atoms with van der Waals surface area (Å²) in [5.41, 5.74) is 1.40. The summed E-state index contributed by atoms with van der Waals surface area (Å²) in [6.07, 6.45) is 2.23. The molecule has 0 spiro atoms. The number of aryl methyl sites for hydroxylation is 1. The lowest BCUT2D eigenvalue weighted by atomic mass is 10.1. The predicted octanol–water partition coefficient (Wildman–Crippen LogP) is 4.03. The number of thiophene rings is 1. The van der Waals surface area contributed by atoms with Crippen LogP contribution in [0.15, 0.2) is 42.5 Å². The molecule has 1 atom stereocenters. The van der Waals surface area contributed by atoms with Crippen LogP contribution in [0.1, 0.15) is 29.2 Å². The van der Waals surface area contributed by atoms with Gasteiger partial charge in [-0.25, -0.2) is 0 Å². The summed E-state index contributed by atoms with van der Waals surface area (Å²) in [6, 6.07) is 15.7. The zero-order valence-electron chi connectivity index (χ0n) is 11.1. The maximum absolute atomic E-state index is 3.60. The number of hydrogen-bond donors (Lipinski definition) is 1. The average molecular weight is 259 g/mol. The smallest absolute Gasteiger partial charge is 0.0302 e. The van der Waals surface area contributed by atoms with E-state index in [-0.39, 0.29) is 0 Å². The van der Waals surface area contributed by atoms with E-state index in [4.69, 9.17) is 0 Å². The fourth-order valence-corrected chi connectivity index (χ4v) is 2.93. The Hall–Kier alpha value is -1.12. The van der Waals surface area contributed by atoms with Gasteiger partial charge in [0.25, 0.3) is 0 Å². The first-order chi connectivity index (χ1) is 8.78. The molecule has 1 aromatic heterocycles. The van der Waals surface area contributed by atoms with Crippen LogP contribution in [0, 0.1) is 0 Å². The summed E-state index contributed by atoms with van der Waals surface area (Å²) in [5.74, 6) is 0. The van der Waals surface area contributed by atoms with Gasteiger partial charge in [-0.1, -0.05) is 37.3 Å². The van der Waals surface area contributed by atoms with E-state index in [2.05, 4.69) is 61.6 Å². The molecular formula is C16H21NS. The topological polar surface area (TPSA) is 12.0 Å². The Morgan fingerprint density at radius 2 is 1.78 bits per heavy atom. The molecule has 2 aromatic rings. The van der Waals surface area contributed by atoms with Gasteiger partial charge < -0.3 is 5.32 Å². The molecule has 1 aromatic carbocycles. The molecule has 0 aliphatic carbocycles. The molecule has 2 heteroatoms. The number of rotatable bonds is 6. The lowest BCUT2D eigenvalue weighted by Gasteiger charge is -2.13. The van der Waals surface area contributed by atoms with Crippen molar-refractivity contribution < 1.29 is 0 Å². The van der Waals surface area contributed by atoms with E-state index < -0.39 is 0 Å². The van der Waals surface area contributed by atoms with Gasteiger partial charge in [-0.3, -0.25) is 0 Å². The molecule has 18 heavy (non-hydrogen) atoms. The Balaban J connectivity index is 1.79. The molecule has 0 bridgehead atoms. The third kappa shape index (κ3) is 3.97. The Labute approximate surface area is 114 Å². The monoisotopic (exact) mass is 259 g/mol. The molecule has 0 amide bonds. The first kappa shape index (κ1) is 13.3. The second kappa shape index (κ2) is 6.72. The molecule has 1 unspecified atom stereocenters. The quantitative estimate of drug-likeness (QED) is 0.826. The van der Waals surface area contributed by atoms with Crippen molar-refractivity contribution in [3.63, 3.8) is 0 Å². The van der Waals surface area contributed by atoms with Crippen LogP contribution < -0.4 is 5.32 Å². The number of benzene rings is 1. The molecule has 0 aliphatic rings. The summed E-state index contributed by atoms with van der Waals surface area (Å²) in [6.45, 7) is 5.45. The lowest BCUT2D eigenvalue weighted by molar-refractivity contribution is 0.549. The van der Waals surface area contributed by atoms with Gasteiger partial charge in [-0.05, 0) is 37.5 Å². The van der Waals surface area contributed by atoms with Crippen LogP contribution in [0.2, 0.25) is 0 Å². The van der Waals surface area contributed by atoms with E-state index in [0.717, 1.165) is 19.4 Å². The molecule has 0 radical (unpaired) electrons. The molecule has 1 N–H and O–H groups in total. The van der Waals surface area contributed by atoms with Crippen LogP contribution in [0.5, 0.6) is 0 Å². The largest absolute Gasteiger partial charge is 0.309 e. The highest BCUT2D eigenvalue weighted by Gasteiger charge is 2.04. The van der Waals surface area contributed by atoms with Crippen molar-refractivity contribution in [2.45, 2.75) is 39.3 Å². The third-order valence-corrected chi connectivity index (χ3v) is 4.30. The van der Waals surface area contributed by atoms with Gasteiger partial charge in [0.2, 0.25) is 0 Å². The Morgan fingerprint density at radius 3 is 2.44 bits per heavy atom. The van der Waals surface area contributed by atoms with E-state index >= 15 is 0 Å². The minimum absolute atomic E-state index is 0.513. The average Bonchev–Trinajstić information content (AvgIpc) is 2.85. The Kier molecular flexibility index (Phi) is 4.97. The minimum Gasteiger partial charge on any atom is -0.309 e. The zero-order valence-corrected chi connectivity index (χ0v) is 12.0. The maximum atomic E-state index is 3.60. The summed E-state index contributed by atoms with van der Waals surface area (Å²) in [4.78, 5) is 2.91. The second-order valence-corrected chi connectivity index (χ2v) is 5.95. The lowest BCUT2D eigenvalue weighted by Crippen LogP contribution is -2.27. The van der Waals surface area contributed by atoms with Gasteiger partial charge in [0.05, 0.1) is 0 Å². The van der Waals surface area contributed by atoms with E-state index in [1.807, 2.05) is 11.3 Å². The summed E-state index contributed by atoms with van der Waals surface area (Å²) < 4.78 is 0. The fourth-order valence-electron chi connectivity index (χ4n) is 2.02. The first-order valence-corrected chi connectivity index (χ1v) is 7.44. The third-order valence-electron chi connectivity index (χ3n) is 3.08. The van der Waals surface area contributed by atoms with Crippen LogP contribution in [-0.4, -0.2) is 6.04 Å². The highest BCUT2D eigenvalue weighted by Crippen LogP contribution is 2.16.